The summed E-state index contributed by atoms with van der Waals surface area (Å²) < 4.78 is 2.15. The van der Waals surface area contributed by atoms with E-state index in [2.05, 4.69) is 25.4 Å². The number of hydrogen-bond acceptors (Lipinski definition) is 4. The Labute approximate surface area is 125 Å². The average molecular weight is 291 g/mol. The van der Waals surface area contributed by atoms with Gasteiger partial charge in [-0.25, -0.2) is 0 Å². The van der Waals surface area contributed by atoms with Crippen LogP contribution in [0.25, 0.3) is 0 Å². The molecule has 116 valence electrons. The van der Waals surface area contributed by atoms with E-state index < -0.39 is 0 Å². The van der Waals surface area contributed by atoms with Gasteiger partial charge in [0, 0.05) is 25.4 Å². The zero-order valence-electron chi connectivity index (χ0n) is 12.8. The molecule has 2 aliphatic heterocycles. The van der Waals surface area contributed by atoms with E-state index in [0.717, 1.165) is 44.0 Å². The van der Waals surface area contributed by atoms with E-state index in [0.29, 0.717) is 12.5 Å². The van der Waals surface area contributed by atoms with E-state index in [4.69, 9.17) is 0 Å². The van der Waals surface area contributed by atoms with Gasteiger partial charge in [-0.2, -0.15) is 0 Å². The molecule has 0 spiro atoms. The first kappa shape index (κ1) is 14.5. The Morgan fingerprint density at radius 2 is 2.33 bits per heavy atom. The van der Waals surface area contributed by atoms with E-state index in [1.165, 1.54) is 19.3 Å². The van der Waals surface area contributed by atoms with Crippen LogP contribution in [0.5, 0.6) is 0 Å². The van der Waals surface area contributed by atoms with Crippen molar-refractivity contribution in [3.8, 4) is 0 Å². The number of aromatic nitrogens is 3. The highest BCUT2D eigenvalue weighted by Crippen LogP contribution is 2.19. The number of amides is 1. The minimum Gasteiger partial charge on any atom is -0.346 e. The summed E-state index contributed by atoms with van der Waals surface area (Å²) in [5.41, 5.74) is 0. The molecule has 1 amide bonds. The zero-order valence-corrected chi connectivity index (χ0v) is 12.8. The van der Waals surface area contributed by atoms with E-state index in [1.54, 1.807) is 0 Å². The van der Waals surface area contributed by atoms with Crippen molar-refractivity contribution < 1.29 is 4.79 Å². The SMILES string of the molecule is CC(NC(=O)CCC1CCCCN1)c1nnc2n1CCC2. The standard InChI is InChI=1S/C15H25N5O/c1-11(15-19-18-13-6-4-10-20(13)15)17-14(21)8-7-12-5-2-3-9-16-12/h11-12,16H,2-10H2,1H3,(H,17,21). The molecule has 0 aliphatic carbocycles. The Bertz CT molecular complexity index is 492. The molecular formula is C15H25N5O. The normalized spacial score (nSPS) is 22.8. The molecule has 1 aromatic rings. The molecule has 2 unspecified atom stereocenters. The lowest BCUT2D eigenvalue weighted by molar-refractivity contribution is -0.122. The van der Waals surface area contributed by atoms with E-state index in [-0.39, 0.29) is 11.9 Å². The fraction of sp³-hybridized carbons (Fsp3) is 0.800. The summed E-state index contributed by atoms with van der Waals surface area (Å²) in [5.74, 6) is 2.06. The third kappa shape index (κ3) is 3.43. The number of carbonyl (C=O) groups is 1. The van der Waals surface area contributed by atoms with Gasteiger partial charge >= 0.3 is 0 Å². The Morgan fingerprint density at radius 3 is 3.14 bits per heavy atom. The van der Waals surface area contributed by atoms with Crippen molar-refractivity contribution in [2.45, 2.75) is 70.5 Å². The maximum Gasteiger partial charge on any atom is 0.220 e. The molecule has 3 rings (SSSR count). The molecule has 2 atom stereocenters. The van der Waals surface area contributed by atoms with Gasteiger partial charge in [0.1, 0.15) is 5.82 Å². The molecule has 21 heavy (non-hydrogen) atoms. The van der Waals surface area contributed by atoms with Crippen LogP contribution in [0.2, 0.25) is 0 Å². The van der Waals surface area contributed by atoms with Crippen LogP contribution in [0.3, 0.4) is 0 Å². The molecule has 6 nitrogen and oxygen atoms in total. The van der Waals surface area contributed by atoms with Crippen LogP contribution in [0.4, 0.5) is 0 Å². The topological polar surface area (TPSA) is 71.8 Å². The number of rotatable bonds is 5. The minimum absolute atomic E-state index is 0.0591. The van der Waals surface area contributed by atoms with Crippen LogP contribution in [-0.2, 0) is 17.8 Å². The van der Waals surface area contributed by atoms with Crippen LogP contribution in [-0.4, -0.2) is 33.3 Å². The van der Waals surface area contributed by atoms with Crippen molar-refractivity contribution in [1.82, 2.24) is 25.4 Å². The molecule has 0 bridgehead atoms. The number of aryl methyl sites for hydroxylation is 1. The van der Waals surface area contributed by atoms with Gasteiger partial charge in [0.2, 0.25) is 5.91 Å². The number of nitrogens with one attached hydrogen (secondary N) is 2. The second-order valence-electron chi connectivity index (χ2n) is 6.20. The highest BCUT2D eigenvalue weighted by molar-refractivity contribution is 5.76. The molecule has 0 radical (unpaired) electrons. The van der Waals surface area contributed by atoms with Crippen molar-refractivity contribution in [2.24, 2.45) is 0 Å². The summed E-state index contributed by atoms with van der Waals surface area (Å²) in [6.07, 6.45) is 7.38. The number of carbonyl (C=O) groups excluding carboxylic acids is 1. The maximum absolute atomic E-state index is 12.1. The van der Waals surface area contributed by atoms with Crippen LogP contribution in [0, 0.1) is 0 Å². The van der Waals surface area contributed by atoms with Gasteiger partial charge in [0.05, 0.1) is 6.04 Å². The van der Waals surface area contributed by atoms with E-state index in [9.17, 15) is 4.79 Å². The summed E-state index contributed by atoms with van der Waals surface area (Å²) in [6, 6.07) is 0.452. The lowest BCUT2D eigenvalue weighted by atomic mass is 10.0. The molecule has 2 N–H and O–H groups in total. The summed E-state index contributed by atoms with van der Waals surface area (Å²) >= 11 is 0. The number of piperidine rings is 1. The third-order valence-corrected chi connectivity index (χ3v) is 4.54. The molecule has 3 heterocycles. The van der Waals surface area contributed by atoms with Crippen LogP contribution in [0.15, 0.2) is 0 Å². The minimum atomic E-state index is -0.0591. The Balaban J connectivity index is 1.47. The molecule has 2 aliphatic rings. The maximum atomic E-state index is 12.1. The van der Waals surface area contributed by atoms with Crippen LogP contribution < -0.4 is 10.6 Å². The third-order valence-electron chi connectivity index (χ3n) is 4.54. The molecule has 0 aromatic carbocycles. The molecule has 1 saturated heterocycles. The van der Waals surface area contributed by atoms with Crippen molar-refractivity contribution in [3.05, 3.63) is 11.6 Å². The summed E-state index contributed by atoms with van der Waals surface area (Å²) in [7, 11) is 0. The smallest absolute Gasteiger partial charge is 0.220 e. The second kappa shape index (κ2) is 6.56. The fourth-order valence-corrected chi connectivity index (χ4v) is 3.35. The van der Waals surface area contributed by atoms with Crippen molar-refractivity contribution in [3.63, 3.8) is 0 Å². The van der Waals surface area contributed by atoms with Gasteiger partial charge in [-0.1, -0.05) is 6.42 Å². The predicted octanol–water partition coefficient (Wildman–Crippen LogP) is 1.32. The Morgan fingerprint density at radius 1 is 1.43 bits per heavy atom. The zero-order chi connectivity index (χ0) is 14.7. The highest BCUT2D eigenvalue weighted by atomic mass is 16.1. The molecule has 6 heteroatoms. The Hall–Kier alpha value is -1.43. The summed E-state index contributed by atoms with van der Waals surface area (Å²) in [6.45, 7) is 4.06. The lowest BCUT2D eigenvalue weighted by Gasteiger charge is -2.23. The quantitative estimate of drug-likeness (QED) is 0.858. The predicted molar refractivity (Wildman–Crippen MR) is 79.8 cm³/mol. The molecule has 1 fully saturated rings. The lowest BCUT2D eigenvalue weighted by Crippen LogP contribution is -2.36. The molecule has 0 saturated carbocycles. The van der Waals surface area contributed by atoms with Gasteiger partial charge in [-0.05, 0) is 39.2 Å². The average Bonchev–Trinajstić information content (AvgIpc) is 3.09. The van der Waals surface area contributed by atoms with E-state index in [1.807, 2.05) is 6.92 Å². The van der Waals surface area contributed by atoms with Gasteiger partial charge in [0.15, 0.2) is 5.82 Å². The summed E-state index contributed by atoms with van der Waals surface area (Å²) in [5, 5.41) is 15.0. The molecule has 1 aromatic heterocycles. The largest absolute Gasteiger partial charge is 0.346 e. The van der Waals surface area contributed by atoms with Crippen molar-refractivity contribution in [2.75, 3.05) is 6.54 Å². The van der Waals surface area contributed by atoms with Crippen molar-refractivity contribution >= 4 is 5.91 Å². The first-order chi connectivity index (χ1) is 10.2. The number of fused-ring (bicyclic) bond motifs is 1. The fourth-order valence-electron chi connectivity index (χ4n) is 3.35. The van der Waals surface area contributed by atoms with Crippen molar-refractivity contribution in [1.29, 1.82) is 0 Å². The number of nitrogens with zero attached hydrogens (tertiary/aromatic N) is 3. The van der Waals surface area contributed by atoms with Gasteiger partial charge in [-0.3, -0.25) is 4.79 Å². The highest BCUT2D eigenvalue weighted by Gasteiger charge is 2.22. The van der Waals surface area contributed by atoms with Crippen LogP contribution in [0.1, 0.15) is 63.1 Å². The monoisotopic (exact) mass is 291 g/mol. The first-order valence-electron chi connectivity index (χ1n) is 8.19. The number of hydrogen-bond donors (Lipinski definition) is 2. The summed E-state index contributed by atoms with van der Waals surface area (Å²) in [4.78, 5) is 12.1. The first-order valence-corrected chi connectivity index (χ1v) is 8.19. The Kier molecular flexibility index (Phi) is 4.53. The van der Waals surface area contributed by atoms with E-state index >= 15 is 0 Å². The van der Waals surface area contributed by atoms with Gasteiger partial charge in [-0.15, -0.1) is 10.2 Å². The second-order valence-corrected chi connectivity index (χ2v) is 6.20. The van der Waals surface area contributed by atoms with Gasteiger partial charge < -0.3 is 15.2 Å². The van der Waals surface area contributed by atoms with Crippen LogP contribution >= 0.6 is 0 Å². The molecular weight excluding hydrogens is 266 g/mol. The van der Waals surface area contributed by atoms with Gasteiger partial charge in [0.25, 0.3) is 0 Å².